The first kappa shape index (κ1) is 22.6. The first-order valence-electron chi connectivity index (χ1n) is 14.2. The van der Waals surface area contributed by atoms with E-state index in [9.17, 15) is 0 Å². The lowest BCUT2D eigenvalue weighted by molar-refractivity contribution is 0.670. The van der Waals surface area contributed by atoms with Crippen molar-refractivity contribution in [3.63, 3.8) is 0 Å². The molecule has 2 aliphatic heterocycles. The topological polar surface area (TPSA) is 50.2 Å². The molecule has 0 N–H and O–H groups in total. The number of aromatic nitrogens is 2. The Labute approximate surface area is 236 Å². The Morgan fingerprint density at radius 2 is 1.34 bits per heavy atom. The molecule has 0 bridgehead atoms. The SMILES string of the molecule is C1=CC(n2c3ccccc3c3cc4c5ccccc5n(C5=NC=NC6C5N=CN6c5ccccc5)c4cc32)=CCC1. The summed E-state index contributed by atoms with van der Waals surface area (Å²) in [6.07, 6.45) is 12.5. The van der Waals surface area contributed by atoms with Crippen LogP contribution in [0.3, 0.4) is 0 Å². The zero-order chi connectivity index (χ0) is 26.9. The molecular formula is C35H26N6. The molecule has 6 nitrogen and oxygen atoms in total. The minimum atomic E-state index is -0.218. The summed E-state index contributed by atoms with van der Waals surface area (Å²) in [6, 6.07) is 32.2. The summed E-state index contributed by atoms with van der Waals surface area (Å²) < 4.78 is 4.73. The van der Waals surface area contributed by atoms with Gasteiger partial charge in [0.25, 0.3) is 0 Å². The number of hydrogen-bond acceptors (Lipinski definition) is 4. The molecule has 1 aliphatic carbocycles. The monoisotopic (exact) mass is 530 g/mol. The van der Waals surface area contributed by atoms with Crippen molar-refractivity contribution in [2.24, 2.45) is 15.0 Å². The van der Waals surface area contributed by atoms with Gasteiger partial charge in [0.15, 0.2) is 12.2 Å². The summed E-state index contributed by atoms with van der Waals surface area (Å²) in [5, 5.41) is 4.95. The Morgan fingerprint density at radius 3 is 2.10 bits per heavy atom. The molecule has 0 radical (unpaired) electrons. The normalized spacial score (nSPS) is 20.0. The van der Waals surface area contributed by atoms with Crippen molar-refractivity contribution in [3.05, 3.63) is 109 Å². The highest BCUT2D eigenvalue weighted by atomic mass is 15.4. The van der Waals surface area contributed by atoms with Gasteiger partial charge in [-0.2, -0.15) is 0 Å². The molecule has 2 aromatic heterocycles. The summed E-state index contributed by atoms with van der Waals surface area (Å²) in [5.41, 5.74) is 6.98. The molecule has 6 heteroatoms. The van der Waals surface area contributed by atoms with E-state index >= 15 is 0 Å². The third-order valence-corrected chi connectivity index (χ3v) is 8.58. The molecular weight excluding hydrogens is 504 g/mol. The van der Waals surface area contributed by atoms with Crippen LogP contribution in [0.2, 0.25) is 0 Å². The van der Waals surface area contributed by atoms with Gasteiger partial charge in [-0.15, -0.1) is 0 Å². The van der Waals surface area contributed by atoms with Gasteiger partial charge in [-0.05, 0) is 55.3 Å². The second-order valence-corrected chi connectivity index (χ2v) is 10.8. The van der Waals surface area contributed by atoms with Gasteiger partial charge >= 0.3 is 0 Å². The van der Waals surface area contributed by atoms with Crippen molar-refractivity contribution < 1.29 is 0 Å². The van der Waals surface area contributed by atoms with Gasteiger partial charge in [-0.1, -0.05) is 66.7 Å². The number of allylic oxidation sites excluding steroid dienone is 4. The first-order chi connectivity index (χ1) is 20.4. The van der Waals surface area contributed by atoms with Crippen LogP contribution in [0.4, 0.5) is 5.69 Å². The van der Waals surface area contributed by atoms with E-state index in [0.717, 1.165) is 35.4 Å². The maximum absolute atomic E-state index is 4.97. The molecule has 0 spiro atoms. The maximum atomic E-state index is 4.97. The van der Waals surface area contributed by atoms with Crippen LogP contribution in [0.15, 0.2) is 124 Å². The minimum Gasteiger partial charge on any atom is -0.310 e. The van der Waals surface area contributed by atoms with Crippen molar-refractivity contribution in [2.45, 2.75) is 25.0 Å². The van der Waals surface area contributed by atoms with E-state index in [1.807, 2.05) is 24.5 Å². The van der Waals surface area contributed by atoms with Crippen LogP contribution >= 0.6 is 0 Å². The number of aliphatic imine (C=N–C) groups is 3. The summed E-state index contributed by atoms with van der Waals surface area (Å²) in [5.74, 6) is 0.893. The number of fused-ring (bicyclic) bond motifs is 7. The molecule has 0 fully saturated rings. The van der Waals surface area contributed by atoms with Crippen LogP contribution in [-0.2, 0) is 0 Å². The fraction of sp³-hybridized carbons (Fsp3) is 0.114. The molecule has 6 aromatic rings. The predicted octanol–water partition coefficient (Wildman–Crippen LogP) is 7.63. The average molecular weight is 531 g/mol. The van der Waals surface area contributed by atoms with E-state index in [1.54, 1.807) is 6.34 Å². The molecule has 4 heterocycles. The molecule has 41 heavy (non-hydrogen) atoms. The zero-order valence-corrected chi connectivity index (χ0v) is 22.3. The Kier molecular flexibility index (Phi) is 4.75. The van der Waals surface area contributed by atoms with Gasteiger partial charge in [0.05, 0.1) is 28.4 Å². The quantitative estimate of drug-likeness (QED) is 0.227. The van der Waals surface area contributed by atoms with Gasteiger partial charge < -0.3 is 9.47 Å². The van der Waals surface area contributed by atoms with E-state index in [2.05, 4.69) is 105 Å². The lowest BCUT2D eigenvalue weighted by atomic mass is 10.1. The van der Waals surface area contributed by atoms with E-state index < -0.39 is 0 Å². The highest BCUT2D eigenvalue weighted by Gasteiger charge is 2.38. The highest BCUT2D eigenvalue weighted by Crippen LogP contribution is 2.39. The number of benzene rings is 4. The molecule has 2 unspecified atom stereocenters. The van der Waals surface area contributed by atoms with Crippen molar-refractivity contribution in [2.75, 3.05) is 4.90 Å². The fourth-order valence-corrected chi connectivity index (χ4v) is 6.76. The number of anilines is 1. The highest BCUT2D eigenvalue weighted by molar-refractivity contribution is 6.22. The molecule has 9 rings (SSSR count). The molecule has 0 amide bonds. The van der Waals surface area contributed by atoms with Crippen LogP contribution < -0.4 is 4.90 Å². The van der Waals surface area contributed by atoms with E-state index in [0.29, 0.717) is 0 Å². The van der Waals surface area contributed by atoms with Crippen LogP contribution in [0.1, 0.15) is 12.8 Å². The van der Waals surface area contributed by atoms with Gasteiger partial charge in [0, 0.05) is 32.9 Å². The van der Waals surface area contributed by atoms with Gasteiger partial charge in [-0.25, -0.2) is 9.98 Å². The Morgan fingerprint density at radius 1 is 0.634 bits per heavy atom. The Hall–Kier alpha value is -5.23. The molecule has 0 saturated carbocycles. The number of rotatable bonds is 2. The van der Waals surface area contributed by atoms with Gasteiger partial charge in [0.2, 0.25) is 0 Å². The fourth-order valence-electron chi connectivity index (χ4n) is 6.76. The summed E-state index contributed by atoms with van der Waals surface area (Å²) >= 11 is 0. The minimum absolute atomic E-state index is 0.172. The molecule has 196 valence electrons. The first-order valence-corrected chi connectivity index (χ1v) is 14.2. The second kappa shape index (κ2) is 8.63. The van der Waals surface area contributed by atoms with Crippen LogP contribution in [0.5, 0.6) is 0 Å². The van der Waals surface area contributed by atoms with Crippen LogP contribution in [-0.4, -0.2) is 39.9 Å². The standard InChI is InChI=1S/C35H26N6/c1-3-11-23(12-4-1)39-22-38-33-34(39)36-21-37-35(33)41-30-18-10-8-16-26(30)28-19-27-25-15-7-9-17-29(25)40(31(27)20-32(28)41)24-13-5-2-6-14-24/h1,3-5,7-22,33-34H,2,6H2. The summed E-state index contributed by atoms with van der Waals surface area (Å²) in [6.45, 7) is 0. The van der Waals surface area contributed by atoms with E-state index in [1.165, 1.54) is 38.3 Å². The van der Waals surface area contributed by atoms with Crippen LogP contribution in [0, 0.1) is 0 Å². The van der Waals surface area contributed by atoms with E-state index in [4.69, 9.17) is 15.0 Å². The third-order valence-electron chi connectivity index (χ3n) is 8.58. The smallest absolute Gasteiger partial charge is 0.157 e. The van der Waals surface area contributed by atoms with Crippen molar-refractivity contribution >= 4 is 73.5 Å². The lowest BCUT2D eigenvalue weighted by Crippen LogP contribution is -2.43. The lowest BCUT2D eigenvalue weighted by Gasteiger charge is -2.27. The second-order valence-electron chi connectivity index (χ2n) is 10.8. The van der Waals surface area contributed by atoms with Crippen molar-refractivity contribution in [1.29, 1.82) is 0 Å². The molecule has 0 saturated heterocycles. The molecule has 4 aromatic carbocycles. The van der Waals surface area contributed by atoms with Gasteiger partial charge in [-0.3, -0.25) is 9.56 Å². The number of hydrogen-bond donors (Lipinski definition) is 0. The zero-order valence-electron chi connectivity index (χ0n) is 22.3. The average Bonchev–Trinajstić information content (AvgIpc) is 3.71. The number of nitrogens with zero attached hydrogens (tertiary/aromatic N) is 6. The van der Waals surface area contributed by atoms with Crippen molar-refractivity contribution in [3.8, 4) is 0 Å². The predicted molar refractivity (Wildman–Crippen MR) is 171 cm³/mol. The largest absolute Gasteiger partial charge is 0.310 e. The van der Waals surface area contributed by atoms with Gasteiger partial charge in [0.1, 0.15) is 12.2 Å². The van der Waals surface area contributed by atoms with E-state index in [-0.39, 0.29) is 12.2 Å². The summed E-state index contributed by atoms with van der Waals surface area (Å²) in [7, 11) is 0. The molecule has 3 aliphatic rings. The Bertz CT molecular complexity index is 2170. The van der Waals surface area contributed by atoms with Crippen molar-refractivity contribution in [1.82, 2.24) is 9.13 Å². The Balaban J connectivity index is 1.31. The van der Waals surface area contributed by atoms with Crippen LogP contribution in [0.25, 0.3) is 49.3 Å². The summed E-state index contributed by atoms with van der Waals surface area (Å²) in [4.78, 5) is 16.8. The third kappa shape index (κ3) is 3.21. The molecule has 2 atom stereocenters. The number of para-hydroxylation sites is 3. The maximum Gasteiger partial charge on any atom is 0.157 e.